The Hall–Kier alpha value is -5.59. The molecule has 0 spiro atoms. The molecule has 0 saturated heterocycles. The maximum absolute atomic E-state index is 13.5. The van der Waals surface area contributed by atoms with Gasteiger partial charge in [0.2, 0.25) is 6.23 Å². The van der Waals surface area contributed by atoms with Gasteiger partial charge in [0.1, 0.15) is 36.3 Å². The van der Waals surface area contributed by atoms with Crippen LogP contribution in [0.1, 0.15) is 61.4 Å². The second kappa shape index (κ2) is 14.7. The molecule has 4 rings (SSSR count). The number of rotatable bonds is 11. The quantitative estimate of drug-likeness (QED) is 0.114. The Bertz CT molecular complexity index is 1830. The average Bonchev–Trinajstić information content (AvgIpc) is 3.47. The third kappa shape index (κ3) is 9.95. The van der Waals surface area contributed by atoms with Gasteiger partial charge in [0, 0.05) is 11.1 Å². The summed E-state index contributed by atoms with van der Waals surface area (Å²) in [7, 11) is 0. The van der Waals surface area contributed by atoms with Crippen molar-refractivity contribution in [2.24, 2.45) is 0 Å². The van der Waals surface area contributed by atoms with Gasteiger partial charge in [-0.1, -0.05) is 42.5 Å². The van der Waals surface area contributed by atoms with Crippen LogP contribution >= 0.6 is 0 Å². The summed E-state index contributed by atoms with van der Waals surface area (Å²) in [5, 5.41) is 17.9. The normalized spacial score (nSPS) is 12.5. The molecule has 1 heterocycles. The fourth-order valence-electron chi connectivity index (χ4n) is 4.42. The number of carbonyl (C=O) groups excluding carboxylic acids is 2. The summed E-state index contributed by atoms with van der Waals surface area (Å²) >= 11 is 0. The number of halogens is 6. The molecule has 0 saturated carbocycles. The molecule has 0 aliphatic rings. The van der Waals surface area contributed by atoms with Gasteiger partial charge in [0.15, 0.2) is 5.69 Å². The van der Waals surface area contributed by atoms with E-state index in [0.717, 1.165) is 10.4 Å². The number of hydrogen-bond acceptors (Lipinski definition) is 9. The van der Waals surface area contributed by atoms with Crippen LogP contribution < -0.4 is 4.74 Å². The zero-order valence-corrected chi connectivity index (χ0v) is 26.1. The molecule has 0 aliphatic heterocycles. The van der Waals surface area contributed by atoms with Gasteiger partial charge in [0.05, 0.1) is 17.5 Å². The van der Waals surface area contributed by atoms with Crippen LogP contribution in [0.15, 0.2) is 72.8 Å². The molecule has 16 heteroatoms. The van der Waals surface area contributed by atoms with E-state index in [1.54, 1.807) is 24.3 Å². The van der Waals surface area contributed by atoms with Crippen molar-refractivity contribution in [1.29, 1.82) is 5.26 Å². The van der Waals surface area contributed by atoms with Gasteiger partial charge in [-0.15, -0.1) is 15.0 Å². The molecule has 49 heavy (non-hydrogen) atoms. The van der Waals surface area contributed by atoms with Crippen LogP contribution in [-0.4, -0.2) is 32.7 Å². The van der Waals surface area contributed by atoms with Gasteiger partial charge < -0.3 is 18.9 Å². The Labute approximate surface area is 275 Å². The monoisotopic (exact) mass is 690 g/mol. The van der Waals surface area contributed by atoms with Crippen LogP contribution in [0.3, 0.4) is 0 Å². The molecule has 0 aliphatic carbocycles. The Kier molecular flexibility index (Phi) is 10.9. The predicted octanol–water partition coefficient (Wildman–Crippen LogP) is 8.02. The largest absolute Gasteiger partial charge is 0.510 e. The first-order valence-electron chi connectivity index (χ1n) is 14.4. The molecule has 0 amide bonds. The minimum Gasteiger partial charge on any atom is -0.489 e. The molecule has 0 bridgehead atoms. The van der Waals surface area contributed by atoms with Gasteiger partial charge in [-0.05, 0) is 56.7 Å². The molecule has 0 fully saturated rings. The maximum atomic E-state index is 13.5. The fourth-order valence-corrected chi connectivity index (χ4v) is 4.42. The standard InChI is InChI=1S/C33H28F6N4O6/c1-20(48-30(45)49-31(2,3)16-28(44)47-18-21-8-5-4-6-9-21)43-41-27(17-40)29(42-43)22-10-7-11-25(15-22)46-19-23-14-24(32(34,35)36)12-13-26(23)33(37,38)39/h4-15,20H,16,18-19H2,1-3H3. The van der Waals surface area contributed by atoms with Gasteiger partial charge in [0.25, 0.3) is 0 Å². The van der Waals surface area contributed by atoms with Gasteiger partial charge >= 0.3 is 24.5 Å². The minimum atomic E-state index is -4.93. The summed E-state index contributed by atoms with van der Waals surface area (Å²) in [4.78, 5) is 25.8. The number of alkyl halides is 6. The van der Waals surface area contributed by atoms with E-state index < -0.39 is 59.6 Å². The van der Waals surface area contributed by atoms with Crippen LogP contribution in [0.25, 0.3) is 11.3 Å². The van der Waals surface area contributed by atoms with E-state index in [4.69, 9.17) is 18.9 Å². The highest BCUT2D eigenvalue weighted by Crippen LogP contribution is 2.37. The van der Waals surface area contributed by atoms with E-state index in [1.807, 2.05) is 12.1 Å². The van der Waals surface area contributed by atoms with Crippen molar-refractivity contribution in [2.75, 3.05) is 0 Å². The average molecular weight is 691 g/mol. The second-order valence-corrected chi connectivity index (χ2v) is 11.2. The molecule has 10 nitrogen and oxygen atoms in total. The zero-order valence-electron chi connectivity index (χ0n) is 26.1. The van der Waals surface area contributed by atoms with Crippen molar-refractivity contribution in [1.82, 2.24) is 15.0 Å². The van der Waals surface area contributed by atoms with Crippen molar-refractivity contribution in [3.63, 3.8) is 0 Å². The van der Waals surface area contributed by atoms with Crippen molar-refractivity contribution in [3.05, 3.63) is 101 Å². The first-order chi connectivity index (χ1) is 22.9. The fraction of sp³-hybridized carbons (Fsp3) is 0.303. The number of benzene rings is 3. The highest BCUT2D eigenvalue weighted by Gasteiger charge is 2.37. The smallest absolute Gasteiger partial charge is 0.489 e. The number of aromatic nitrogens is 3. The molecule has 4 aromatic rings. The van der Waals surface area contributed by atoms with Crippen LogP contribution in [-0.2, 0) is 44.6 Å². The lowest BCUT2D eigenvalue weighted by Crippen LogP contribution is -2.33. The van der Waals surface area contributed by atoms with Crippen LogP contribution in [0, 0.1) is 11.3 Å². The van der Waals surface area contributed by atoms with Gasteiger partial charge in [-0.25, -0.2) is 4.79 Å². The number of carbonyl (C=O) groups is 2. The molecule has 1 unspecified atom stereocenters. The van der Waals surface area contributed by atoms with Crippen LogP contribution in [0.4, 0.5) is 31.1 Å². The lowest BCUT2D eigenvalue weighted by Gasteiger charge is -2.24. The van der Waals surface area contributed by atoms with E-state index in [-0.39, 0.29) is 35.7 Å². The Morgan fingerprint density at radius 2 is 1.61 bits per heavy atom. The van der Waals surface area contributed by atoms with E-state index in [1.165, 1.54) is 45.0 Å². The summed E-state index contributed by atoms with van der Waals surface area (Å²) in [6.45, 7) is 3.52. The first kappa shape index (κ1) is 36.2. The maximum Gasteiger partial charge on any atom is 0.510 e. The van der Waals surface area contributed by atoms with Crippen LogP contribution in [0.2, 0.25) is 0 Å². The molecule has 0 radical (unpaired) electrons. The summed E-state index contributed by atoms with van der Waals surface area (Å²) in [6.07, 6.45) is -12.5. The summed E-state index contributed by atoms with van der Waals surface area (Å²) in [6, 6.07) is 17.4. The SMILES string of the molecule is CC(OC(=O)OC(C)(C)CC(=O)OCc1ccccc1)n1nc(C#N)c(-c2cccc(OCc3cc(C(F)(F)F)ccc3C(F)(F)F)c2)n1. The topological polar surface area (TPSA) is 126 Å². The van der Waals surface area contributed by atoms with Crippen molar-refractivity contribution >= 4 is 12.1 Å². The van der Waals surface area contributed by atoms with Gasteiger partial charge in [-0.3, -0.25) is 4.79 Å². The van der Waals surface area contributed by atoms with Crippen molar-refractivity contribution < 1.29 is 54.9 Å². The zero-order chi connectivity index (χ0) is 36.0. The summed E-state index contributed by atoms with van der Waals surface area (Å²) in [5.74, 6) is -0.660. The third-order valence-corrected chi connectivity index (χ3v) is 6.74. The number of nitriles is 1. The number of nitrogens with zero attached hydrogens (tertiary/aromatic N) is 4. The third-order valence-electron chi connectivity index (χ3n) is 6.74. The van der Waals surface area contributed by atoms with Crippen LogP contribution in [0.5, 0.6) is 5.75 Å². The number of hydrogen-bond donors (Lipinski definition) is 0. The Morgan fingerprint density at radius 1 is 0.898 bits per heavy atom. The highest BCUT2D eigenvalue weighted by molar-refractivity contribution is 5.71. The molecule has 258 valence electrons. The molecular formula is C33H28F6N4O6. The van der Waals surface area contributed by atoms with E-state index >= 15 is 0 Å². The molecule has 1 aromatic heterocycles. The lowest BCUT2D eigenvalue weighted by molar-refractivity contribution is -0.150. The Morgan fingerprint density at radius 3 is 2.27 bits per heavy atom. The molecular weight excluding hydrogens is 662 g/mol. The summed E-state index contributed by atoms with van der Waals surface area (Å²) in [5.41, 5.74) is -3.86. The number of ether oxygens (including phenoxy) is 4. The van der Waals surface area contributed by atoms with Crippen molar-refractivity contribution in [3.8, 4) is 23.1 Å². The lowest BCUT2D eigenvalue weighted by atomic mass is 10.0. The molecule has 1 atom stereocenters. The van der Waals surface area contributed by atoms with E-state index in [2.05, 4.69) is 10.2 Å². The number of esters is 1. The van der Waals surface area contributed by atoms with E-state index in [0.29, 0.717) is 18.2 Å². The van der Waals surface area contributed by atoms with Crippen molar-refractivity contribution in [2.45, 2.75) is 64.6 Å². The highest BCUT2D eigenvalue weighted by atomic mass is 19.4. The molecule has 0 N–H and O–H groups in total. The first-order valence-corrected chi connectivity index (χ1v) is 14.4. The second-order valence-electron chi connectivity index (χ2n) is 11.2. The predicted molar refractivity (Wildman–Crippen MR) is 158 cm³/mol. The Balaban J connectivity index is 1.42. The summed E-state index contributed by atoms with van der Waals surface area (Å²) < 4.78 is 101. The van der Waals surface area contributed by atoms with Gasteiger partial charge in [-0.2, -0.15) is 31.6 Å². The molecule has 3 aromatic carbocycles. The minimum absolute atomic E-state index is 0.0201. The van der Waals surface area contributed by atoms with E-state index in [9.17, 15) is 41.2 Å².